The van der Waals surface area contributed by atoms with E-state index in [1.807, 2.05) is 0 Å². The van der Waals surface area contributed by atoms with Crippen molar-refractivity contribution in [2.24, 2.45) is 0 Å². The lowest BCUT2D eigenvalue weighted by Gasteiger charge is -2.26. The second kappa shape index (κ2) is 7.13. The topological polar surface area (TPSA) is 24.5 Å². The Kier molecular flexibility index (Phi) is 6.15. The molecule has 0 aliphatic carbocycles. The molecule has 0 aromatic rings. The van der Waals surface area contributed by atoms with Gasteiger partial charge in [0.05, 0.1) is 19.8 Å². The lowest BCUT2D eigenvalue weighted by atomic mass is 10.3. The Morgan fingerprint density at radius 3 is 2.47 bits per heavy atom. The number of ether oxygens (including phenoxy) is 1. The maximum Gasteiger partial charge on any atom is 0.319 e. The Balaban J connectivity index is 2.00. The molecular weight excluding hydrogens is 240 g/mol. The minimum absolute atomic E-state index is 0.319. The number of hydrogen-bond acceptors (Lipinski definition) is 3. The summed E-state index contributed by atoms with van der Waals surface area (Å²) in [7, 11) is 0. The van der Waals surface area contributed by atoms with Gasteiger partial charge in [0.2, 0.25) is 0 Å². The van der Waals surface area contributed by atoms with E-state index in [1.165, 1.54) is 0 Å². The predicted octanol–water partition coefficient (Wildman–Crippen LogP) is 1.20. The van der Waals surface area contributed by atoms with Gasteiger partial charge in [-0.25, -0.2) is 8.78 Å². The molecular formula is C10H18F4N2O. The molecule has 3 nitrogen and oxygen atoms in total. The summed E-state index contributed by atoms with van der Waals surface area (Å²) in [5.74, 6) is -3.93. The zero-order chi connectivity index (χ0) is 12.7. The van der Waals surface area contributed by atoms with Crippen molar-refractivity contribution in [3.05, 3.63) is 0 Å². The van der Waals surface area contributed by atoms with Crippen LogP contribution >= 0.6 is 0 Å². The van der Waals surface area contributed by atoms with Crippen LogP contribution in [0.3, 0.4) is 0 Å². The van der Waals surface area contributed by atoms with E-state index in [2.05, 4.69) is 10.2 Å². The van der Waals surface area contributed by atoms with Crippen LogP contribution in [-0.4, -0.2) is 63.2 Å². The lowest BCUT2D eigenvalue weighted by molar-refractivity contribution is -0.125. The molecule has 0 radical (unpaired) electrons. The van der Waals surface area contributed by atoms with E-state index in [4.69, 9.17) is 4.74 Å². The van der Waals surface area contributed by atoms with Crippen LogP contribution in [-0.2, 0) is 4.74 Å². The maximum absolute atomic E-state index is 12.5. The minimum atomic E-state index is -3.93. The average molecular weight is 258 g/mol. The highest BCUT2D eigenvalue weighted by Crippen LogP contribution is 2.21. The standard InChI is InChI=1S/C10H18F4N2O/c11-9(12)10(13,14)8-15-2-1-3-16-4-6-17-7-5-16/h9,15H,1-8H2. The fourth-order valence-corrected chi connectivity index (χ4v) is 1.58. The Morgan fingerprint density at radius 2 is 1.88 bits per heavy atom. The quantitative estimate of drug-likeness (QED) is 0.548. The molecule has 0 unspecified atom stereocenters. The highest BCUT2D eigenvalue weighted by atomic mass is 19.3. The molecule has 0 aromatic carbocycles. The zero-order valence-electron chi connectivity index (χ0n) is 9.60. The molecule has 1 heterocycles. The van der Waals surface area contributed by atoms with Gasteiger partial charge in [0.15, 0.2) is 0 Å². The van der Waals surface area contributed by atoms with Crippen LogP contribution in [0.1, 0.15) is 6.42 Å². The van der Waals surface area contributed by atoms with Crippen molar-refractivity contribution in [2.45, 2.75) is 18.8 Å². The van der Waals surface area contributed by atoms with Crippen LogP contribution in [0.15, 0.2) is 0 Å². The summed E-state index contributed by atoms with van der Waals surface area (Å²) in [6, 6.07) is 0. The van der Waals surface area contributed by atoms with Gasteiger partial charge < -0.3 is 10.1 Å². The molecule has 17 heavy (non-hydrogen) atoms. The molecule has 0 aromatic heterocycles. The van der Waals surface area contributed by atoms with Crippen molar-refractivity contribution in [1.29, 1.82) is 0 Å². The van der Waals surface area contributed by atoms with Crippen LogP contribution in [0.5, 0.6) is 0 Å². The molecule has 0 spiro atoms. The summed E-state index contributed by atoms with van der Waals surface area (Å²) in [6.45, 7) is 3.19. The minimum Gasteiger partial charge on any atom is -0.379 e. The fraction of sp³-hybridized carbons (Fsp3) is 1.00. The van der Waals surface area contributed by atoms with Crippen molar-refractivity contribution in [3.63, 3.8) is 0 Å². The van der Waals surface area contributed by atoms with Crippen LogP contribution in [0, 0.1) is 0 Å². The summed E-state index contributed by atoms with van der Waals surface area (Å²) in [5.41, 5.74) is 0. The van der Waals surface area contributed by atoms with Crippen molar-refractivity contribution >= 4 is 0 Å². The summed E-state index contributed by atoms with van der Waals surface area (Å²) in [5, 5.41) is 2.36. The predicted molar refractivity (Wildman–Crippen MR) is 55.7 cm³/mol. The van der Waals surface area contributed by atoms with E-state index in [0.29, 0.717) is 26.2 Å². The Morgan fingerprint density at radius 1 is 1.24 bits per heavy atom. The number of hydrogen-bond donors (Lipinski definition) is 1. The van der Waals surface area contributed by atoms with E-state index in [9.17, 15) is 17.6 Å². The molecule has 0 atom stereocenters. The monoisotopic (exact) mass is 258 g/mol. The zero-order valence-corrected chi connectivity index (χ0v) is 9.60. The largest absolute Gasteiger partial charge is 0.379 e. The smallest absolute Gasteiger partial charge is 0.319 e. The number of alkyl halides is 4. The molecule has 1 fully saturated rings. The van der Waals surface area contributed by atoms with Crippen LogP contribution < -0.4 is 5.32 Å². The third kappa shape index (κ3) is 5.65. The van der Waals surface area contributed by atoms with Gasteiger partial charge in [-0.1, -0.05) is 0 Å². The van der Waals surface area contributed by atoms with Crippen molar-refractivity contribution in [1.82, 2.24) is 10.2 Å². The van der Waals surface area contributed by atoms with Crippen LogP contribution in [0.25, 0.3) is 0 Å². The number of nitrogens with zero attached hydrogens (tertiary/aromatic N) is 1. The lowest BCUT2D eigenvalue weighted by Crippen LogP contribution is -2.41. The molecule has 0 saturated carbocycles. The maximum atomic E-state index is 12.5. The molecule has 1 saturated heterocycles. The molecule has 7 heteroatoms. The van der Waals surface area contributed by atoms with Crippen LogP contribution in [0.4, 0.5) is 17.6 Å². The molecule has 0 amide bonds. The highest BCUT2D eigenvalue weighted by molar-refractivity contribution is 4.72. The Labute approximate surface area is 98.1 Å². The molecule has 102 valence electrons. The van der Waals surface area contributed by atoms with Gasteiger partial charge in [-0.05, 0) is 19.5 Å². The number of rotatable bonds is 7. The van der Waals surface area contributed by atoms with Crippen molar-refractivity contribution in [2.75, 3.05) is 45.9 Å². The van der Waals surface area contributed by atoms with E-state index < -0.39 is 18.9 Å². The van der Waals surface area contributed by atoms with E-state index in [-0.39, 0.29) is 0 Å². The average Bonchev–Trinajstić information content (AvgIpc) is 2.29. The second-order valence-electron chi connectivity index (χ2n) is 4.05. The van der Waals surface area contributed by atoms with E-state index in [1.54, 1.807) is 0 Å². The number of halogens is 4. The van der Waals surface area contributed by atoms with Gasteiger partial charge in [0, 0.05) is 13.1 Å². The summed E-state index contributed by atoms with van der Waals surface area (Å²) < 4.78 is 53.7. The first-order chi connectivity index (χ1) is 8.02. The highest BCUT2D eigenvalue weighted by Gasteiger charge is 2.39. The van der Waals surface area contributed by atoms with E-state index in [0.717, 1.165) is 19.6 Å². The normalized spacial score (nSPS) is 18.9. The SMILES string of the molecule is FC(F)C(F)(F)CNCCCN1CCOCC1. The number of morpholine rings is 1. The first-order valence-electron chi connectivity index (χ1n) is 5.69. The summed E-state index contributed by atoms with van der Waals surface area (Å²) in [6.07, 6.45) is -2.94. The summed E-state index contributed by atoms with van der Waals surface area (Å²) >= 11 is 0. The van der Waals surface area contributed by atoms with E-state index >= 15 is 0 Å². The van der Waals surface area contributed by atoms with Crippen LogP contribution in [0.2, 0.25) is 0 Å². The van der Waals surface area contributed by atoms with Crippen molar-refractivity contribution < 1.29 is 22.3 Å². The fourth-order valence-electron chi connectivity index (χ4n) is 1.58. The van der Waals surface area contributed by atoms with Gasteiger partial charge >= 0.3 is 12.3 Å². The first kappa shape index (κ1) is 14.7. The third-order valence-electron chi connectivity index (χ3n) is 2.61. The second-order valence-corrected chi connectivity index (χ2v) is 4.05. The molecule has 0 bridgehead atoms. The Bertz CT molecular complexity index is 210. The molecule has 1 N–H and O–H groups in total. The third-order valence-corrected chi connectivity index (χ3v) is 2.61. The van der Waals surface area contributed by atoms with Gasteiger partial charge in [-0.3, -0.25) is 4.90 Å². The molecule has 1 aliphatic heterocycles. The first-order valence-corrected chi connectivity index (χ1v) is 5.69. The van der Waals surface area contributed by atoms with Gasteiger partial charge in [-0.15, -0.1) is 0 Å². The van der Waals surface area contributed by atoms with Gasteiger partial charge in [0.25, 0.3) is 0 Å². The van der Waals surface area contributed by atoms with Gasteiger partial charge in [-0.2, -0.15) is 8.78 Å². The molecule has 1 rings (SSSR count). The Hall–Kier alpha value is -0.400. The van der Waals surface area contributed by atoms with Crippen molar-refractivity contribution in [3.8, 4) is 0 Å². The number of nitrogens with one attached hydrogen (secondary N) is 1. The molecule has 1 aliphatic rings. The van der Waals surface area contributed by atoms with Gasteiger partial charge in [0.1, 0.15) is 0 Å². The summed E-state index contributed by atoms with van der Waals surface area (Å²) in [4.78, 5) is 2.16.